The van der Waals surface area contributed by atoms with Gasteiger partial charge in [-0.3, -0.25) is 4.79 Å². The normalized spacial score (nSPS) is 16.1. The van der Waals surface area contributed by atoms with Crippen molar-refractivity contribution in [2.45, 2.75) is 37.4 Å². The van der Waals surface area contributed by atoms with E-state index in [1.165, 1.54) is 16.4 Å². The highest BCUT2D eigenvalue weighted by atomic mass is 32.2. The second-order valence-corrected chi connectivity index (χ2v) is 9.68. The Hall–Kier alpha value is -3.23. The molecule has 0 spiro atoms. The fourth-order valence-electron chi connectivity index (χ4n) is 3.89. The van der Waals surface area contributed by atoms with Crippen molar-refractivity contribution in [3.63, 3.8) is 0 Å². The molecule has 4 rings (SSSR count). The number of ether oxygens (including phenoxy) is 1. The summed E-state index contributed by atoms with van der Waals surface area (Å²) < 4.78 is 46.8. The lowest BCUT2D eigenvalue weighted by molar-refractivity contribution is -0.125. The Labute approximate surface area is 193 Å². The quantitative estimate of drug-likeness (QED) is 0.574. The first kappa shape index (κ1) is 22.9. The number of sulfonamides is 1. The molecule has 0 bridgehead atoms. The molecular formula is C25H25FN2O4S. The zero-order valence-electron chi connectivity index (χ0n) is 18.2. The molecule has 1 aliphatic heterocycles. The molecule has 33 heavy (non-hydrogen) atoms. The van der Waals surface area contributed by atoms with Crippen LogP contribution in [0.15, 0.2) is 77.7 Å². The summed E-state index contributed by atoms with van der Waals surface area (Å²) in [6.07, 6.45) is 0.256. The van der Waals surface area contributed by atoms with Crippen molar-refractivity contribution in [3.8, 4) is 5.75 Å². The molecule has 8 heteroatoms. The van der Waals surface area contributed by atoms with Gasteiger partial charge in [-0.25, -0.2) is 12.8 Å². The minimum Gasteiger partial charge on any atom is -0.494 e. The Morgan fingerprint density at radius 1 is 1.03 bits per heavy atom. The van der Waals surface area contributed by atoms with E-state index >= 15 is 0 Å². The topological polar surface area (TPSA) is 75.7 Å². The van der Waals surface area contributed by atoms with Gasteiger partial charge < -0.3 is 10.1 Å². The molecule has 1 amide bonds. The second kappa shape index (κ2) is 9.72. The first-order valence-corrected chi connectivity index (χ1v) is 12.2. The molecule has 1 heterocycles. The molecular weight excluding hydrogens is 443 g/mol. The zero-order valence-corrected chi connectivity index (χ0v) is 19.0. The summed E-state index contributed by atoms with van der Waals surface area (Å²) in [5.74, 6) is -0.167. The molecule has 6 nitrogen and oxygen atoms in total. The first-order valence-electron chi connectivity index (χ1n) is 10.7. The van der Waals surface area contributed by atoms with Crippen molar-refractivity contribution in [1.29, 1.82) is 0 Å². The van der Waals surface area contributed by atoms with Gasteiger partial charge in [0.25, 0.3) is 0 Å². The van der Waals surface area contributed by atoms with Crippen LogP contribution >= 0.6 is 0 Å². The number of carbonyl (C=O) groups is 1. The molecule has 1 unspecified atom stereocenters. The zero-order chi connectivity index (χ0) is 23.4. The maximum absolute atomic E-state index is 13.4. The lowest BCUT2D eigenvalue weighted by atomic mass is 9.95. The summed E-state index contributed by atoms with van der Waals surface area (Å²) in [4.78, 5) is 13.1. The molecule has 0 radical (unpaired) electrons. The molecule has 0 saturated carbocycles. The summed E-state index contributed by atoms with van der Waals surface area (Å²) in [7, 11) is -4.02. The number of hydrogen-bond donors (Lipinski definition) is 1. The SMILES string of the molecule is CCOc1ccc(CNC(=O)C2Cc3ccccc3CN2S(=O)(=O)c2ccc(F)cc2)cc1. The number of nitrogens with zero attached hydrogens (tertiary/aromatic N) is 1. The molecule has 3 aromatic carbocycles. The number of carbonyl (C=O) groups excluding carboxylic acids is 1. The van der Waals surface area contributed by atoms with Crippen molar-refractivity contribution in [2.24, 2.45) is 0 Å². The van der Waals surface area contributed by atoms with Gasteiger partial charge in [-0.2, -0.15) is 4.31 Å². The number of halogens is 1. The summed E-state index contributed by atoms with van der Waals surface area (Å²) in [6, 6.07) is 18.6. The van der Waals surface area contributed by atoms with Gasteiger partial charge in [0.2, 0.25) is 15.9 Å². The third kappa shape index (κ3) is 5.07. The van der Waals surface area contributed by atoms with Gasteiger partial charge >= 0.3 is 0 Å². The van der Waals surface area contributed by atoms with Gasteiger partial charge in [0.15, 0.2) is 0 Å². The number of amides is 1. The monoisotopic (exact) mass is 468 g/mol. The lowest BCUT2D eigenvalue weighted by Gasteiger charge is -2.35. The lowest BCUT2D eigenvalue weighted by Crippen LogP contribution is -2.52. The van der Waals surface area contributed by atoms with Crippen LogP contribution in [0.5, 0.6) is 5.75 Å². The van der Waals surface area contributed by atoms with E-state index in [0.717, 1.165) is 34.6 Å². The molecule has 0 fully saturated rings. The van der Waals surface area contributed by atoms with E-state index in [-0.39, 0.29) is 30.3 Å². The Bertz CT molecular complexity index is 1230. The van der Waals surface area contributed by atoms with Gasteiger partial charge in [-0.15, -0.1) is 0 Å². The summed E-state index contributed by atoms with van der Waals surface area (Å²) in [6.45, 7) is 2.80. The van der Waals surface area contributed by atoms with E-state index in [2.05, 4.69) is 5.32 Å². The van der Waals surface area contributed by atoms with Crippen LogP contribution in [-0.4, -0.2) is 31.3 Å². The van der Waals surface area contributed by atoms with Gasteiger partial charge in [-0.1, -0.05) is 36.4 Å². The third-order valence-electron chi connectivity index (χ3n) is 5.63. The van der Waals surface area contributed by atoms with E-state index in [0.29, 0.717) is 6.61 Å². The maximum Gasteiger partial charge on any atom is 0.244 e. The van der Waals surface area contributed by atoms with Crippen LogP contribution in [0.2, 0.25) is 0 Å². The Morgan fingerprint density at radius 3 is 2.36 bits per heavy atom. The highest BCUT2D eigenvalue weighted by Gasteiger charge is 2.39. The molecule has 172 valence electrons. The smallest absolute Gasteiger partial charge is 0.244 e. The molecule has 0 aliphatic carbocycles. The minimum absolute atomic E-state index is 0.0485. The fraction of sp³-hybridized carbons (Fsp3) is 0.240. The molecule has 3 aromatic rings. The van der Waals surface area contributed by atoms with Crippen molar-refractivity contribution in [1.82, 2.24) is 9.62 Å². The van der Waals surface area contributed by atoms with Crippen LogP contribution in [-0.2, 0) is 34.3 Å². The van der Waals surface area contributed by atoms with E-state index in [9.17, 15) is 17.6 Å². The molecule has 1 N–H and O–H groups in total. The van der Waals surface area contributed by atoms with Crippen LogP contribution in [0.4, 0.5) is 4.39 Å². The second-order valence-electron chi connectivity index (χ2n) is 7.79. The molecule has 1 aliphatic rings. The van der Waals surface area contributed by atoms with E-state index in [1.54, 1.807) is 0 Å². The van der Waals surface area contributed by atoms with E-state index in [1.807, 2.05) is 55.5 Å². The van der Waals surface area contributed by atoms with Crippen molar-refractivity contribution in [2.75, 3.05) is 6.61 Å². The van der Waals surface area contributed by atoms with Gasteiger partial charge in [-0.05, 0) is 66.4 Å². The number of nitrogens with one attached hydrogen (secondary N) is 1. The summed E-state index contributed by atoms with van der Waals surface area (Å²) >= 11 is 0. The number of rotatable bonds is 7. The van der Waals surface area contributed by atoms with Crippen LogP contribution in [0.3, 0.4) is 0 Å². The van der Waals surface area contributed by atoms with Crippen molar-refractivity contribution in [3.05, 3.63) is 95.3 Å². The van der Waals surface area contributed by atoms with Gasteiger partial charge in [0.1, 0.15) is 17.6 Å². The van der Waals surface area contributed by atoms with Gasteiger partial charge in [0.05, 0.1) is 11.5 Å². The van der Waals surface area contributed by atoms with E-state index in [4.69, 9.17) is 4.74 Å². The van der Waals surface area contributed by atoms with Crippen molar-refractivity contribution < 1.29 is 22.3 Å². The van der Waals surface area contributed by atoms with Crippen LogP contribution in [0, 0.1) is 5.82 Å². The average Bonchev–Trinajstić information content (AvgIpc) is 2.83. The van der Waals surface area contributed by atoms with Gasteiger partial charge in [0, 0.05) is 13.1 Å². The largest absolute Gasteiger partial charge is 0.494 e. The molecule has 0 aromatic heterocycles. The summed E-state index contributed by atoms with van der Waals surface area (Å²) in [5, 5.41) is 2.87. The standard InChI is InChI=1S/C25H25FN2O4S/c1-2-32-22-11-7-18(8-12-22)16-27-25(29)24-15-19-5-3-4-6-20(19)17-28(24)33(30,31)23-13-9-21(26)10-14-23/h3-14,24H,2,15-17H2,1H3,(H,27,29). The van der Waals surface area contributed by atoms with Crippen molar-refractivity contribution >= 4 is 15.9 Å². The number of fused-ring (bicyclic) bond motifs is 1. The Kier molecular flexibility index (Phi) is 6.76. The Morgan fingerprint density at radius 2 is 1.70 bits per heavy atom. The minimum atomic E-state index is -4.02. The Balaban J connectivity index is 1.57. The van der Waals surface area contributed by atoms with Crippen LogP contribution < -0.4 is 10.1 Å². The van der Waals surface area contributed by atoms with Crippen LogP contribution in [0.25, 0.3) is 0 Å². The predicted octanol–water partition coefficient (Wildman–Crippen LogP) is 3.66. The number of hydrogen-bond acceptors (Lipinski definition) is 4. The summed E-state index contributed by atoms with van der Waals surface area (Å²) in [5.41, 5.74) is 2.65. The highest BCUT2D eigenvalue weighted by Crippen LogP contribution is 2.29. The highest BCUT2D eigenvalue weighted by molar-refractivity contribution is 7.89. The molecule has 0 saturated heterocycles. The first-order chi connectivity index (χ1) is 15.9. The third-order valence-corrected chi connectivity index (χ3v) is 7.50. The average molecular weight is 469 g/mol. The number of benzene rings is 3. The van der Waals surface area contributed by atoms with Crippen LogP contribution in [0.1, 0.15) is 23.6 Å². The molecule has 1 atom stereocenters. The fourth-order valence-corrected chi connectivity index (χ4v) is 5.46. The maximum atomic E-state index is 13.4. The van der Waals surface area contributed by atoms with E-state index < -0.39 is 21.9 Å². The predicted molar refractivity (Wildman–Crippen MR) is 123 cm³/mol.